The van der Waals surface area contributed by atoms with Gasteiger partial charge in [-0.25, -0.2) is 4.99 Å². The van der Waals surface area contributed by atoms with E-state index in [2.05, 4.69) is 64.3 Å². The van der Waals surface area contributed by atoms with Crippen molar-refractivity contribution < 1.29 is 46.4 Å². The number of amides is 3. The van der Waals surface area contributed by atoms with Gasteiger partial charge in [0.25, 0.3) is 17.8 Å². The quantitative estimate of drug-likeness (QED) is 0.0776. The van der Waals surface area contributed by atoms with Crippen LogP contribution in [0.15, 0.2) is 4.99 Å². The molecule has 0 bridgehead atoms. The van der Waals surface area contributed by atoms with Gasteiger partial charge in [-0.05, 0) is 31.6 Å². The van der Waals surface area contributed by atoms with Gasteiger partial charge in [-0.3, -0.25) is 28.9 Å². The van der Waals surface area contributed by atoms with E-state index in [9.17, 15) is 19.2 Å². The Balaban J connectivity index is -0.000000155. The molecule has 2 aliphatic rings. The van der Waals surface area contributed by atoms with Gasteiger partial charge in [-0.2, -0.15) is 5.06 Å². The van der Waals surface area contributed by atoms with Crippen LogP contribution in [0.1, 0.15) is 99.8 Å². The molecule has 3 amide bonds. The van der Waals surface area contributed by atoms with Crippen LogP contribution in [0.2, 0.25) is 0 Å². The first-order chi connectivity index (χ1) is 20.6. The van der Waals surface area contributed by atoms with E-state index in [-0.39, 0.29) is 43.6 Å². The molecule has 0 unspecified atom stereocenters. The number of aliphatic imine (C=N–C) groups is 1. The van der Waals surface area contributed by atoms with Crippen molar-refractivity contribution in [2.24, 2.45) is 34.0 Å². The molecule has 0 aromatic rings. The maximum absolute atomic E-state index is 11.0. The van der Waals surface area contributed by atoms with E-state index in [1.807, 2.05) is 0 Å². The minimum atomic E-state index is -0.685. The van der Waals surface area contributed by atoms with Crippen LogP contribution in [0.3, 0.4) is 0 Å². The molecular weight excluding hydrogens is 616 g/mol. The Bertz CT molecular complexity index is 796. The smallest absolute Gasteiger partial charge is 0.303 e. The average molecular weight is 685 g/mol. The molecule has 0 radical (unpaired) electrons. The Morgan fingerprint density at radius 2 is 1.41 bits per heavy atom. The number of carboxylic acid groups (broad SMARTS) is 1. The minimum absolute atomic E-state index is 0. The van der Waals surface area contributed by atoms with Gasteiger partial charge in [0.2, 0.25) is 5.91 Å². The van der Waals surface area contributed by atoms with E-state index in [0.717, 1.165) is 49.2 Å². The molecule has 0 aromatic heterocycles. The van der Waals surface area contributed by atoms with Gasteiger partial charge in [-0.15, -0.1) is 0 Å². The van der Waals surface area contributed by atoms with Gasteiger partial charge in [0.05, 0.1) is 27.2 Å². The number of quaternary nitrogens is 1. The second-order valence-corrected chi connectivity index (χ2v) is 11.8. The summed E-state index contributed by atoms with van der Waals surface area (Å²) in [6.45, 7) is 16.1. The Labute approximate surface area is 285 Å². The fourth-order valence-corrected chi connectivity index (χ4v) is 3.57. The lowest BCUT2D eigenvalue weighted by Gasteiger charge is -2.32. The number of halogens is 1. The lowest BCUT2D eigenvalue weighted by Crippen LogP contribution is -3.00. The summed E-state index contributed by atoms with van der Waals surface area (Å²) in [5.41, 5.74) is 15.0. The highest BCUT2D eigenvalue weighted by Crippen LogP contribution is 2.08. The van der Waals surface area contributed by atoms with Crippen LogP contribution in [-0.4, -0.2) is 109 Å². The number of hydrogen-bond donors (Lipinski definition) is 7. The number of nitrogens with one attached hydrogen (secondary N) is 2. The predicted octanol–water partition coefficient (Wildman–Crippen LogP) is -0.715. The number of rotatable bonds is 12. The van der Waals surface area contributed by atoms with Crippen molar-refractivity contribution in [2.75, 3.05) is 59.9 Å². The normalized spacial score (nSPS) is 14.3. The predicted molar refractivity (Wildman–Crippen MR) is 182 cm³/mol. The number of nitrogens with zero attached hydrogens (tertiary/aromatic N) is 3. The molecule has 15 heteroatoms. The van der Waals surface area contributed by atoms with E-state index >= 15 is 0 Å². The average Bonchev–Trinajstić information content (AvgIpc) is 3.24. The van der Waals surface area contributed by atoms with Crippen LogP contribution in [0, 0.1) is 11.8 Å². The van der Waals surface area contributed by atoms with Crippen molar-refractivity contribution in [3.05, 3.63) is 0 Å². The van der Waals surface area contributed by atoms with Crippen molar-refractivity contribution >= 4 is 29.7 Å². The zero-order valence-corrected chi connectivity index (χ0v) is 29.7. The number of guanidine groups is 1. The number of aliphatic carboxylic acids is 1. The summed E-state index contributed by atoms with van der Waals surface area (Å²) in [5.74, 6) is 0.886. The van der Waals surface area contributed by atoms with E-state index in [1.165, 1.54) is 13.0 Å². The number of hydroxylamine groups is 2. The maximum Gasteiger partial charge on any atom is 0.303 e. The van der Waals surface area contributed by atoms with E-state index in [1.54, 1.807) is 0 Å². The zero-order chi connectivity index (χ0) is 34.6. The van der Waals surface area contributed by atoms with Crippen LogP contribution in [0.4, 0.5) is 0 Å². The number of nitrogens with two attached hydrogens (primary N) is 3. The molecule has 1 saturated heterocycles. The van der Waals surface area contributed by atoms with Crippen LogP contribution in [-0.2, 0) is 19.2 Å². The van der Waals surface area contributed by atoms with Crippen LogP contribution < -0.4 is 40.2 Å². The van der Waals surface area contributed by atoms with Crippen LogP contribution in [0.5, 0.6) is 0 Å². The van der Waals surface area contributed by atoms with E-state index < -0.39 is 17.8 Å². The standard InChI is InChI=1S/C9H20N2O.C8H18N3.C7H14O2.C4H5NO3.C2H8N2.CH4.ClH/c1-8(2)4-3-5-9(12)11-7-6-10;1-4-9-8-10-6-5-7-11(8,2)3;1-6(2)4-3-5-7(8)9;6-3-1-2-4(7)5(3)8;3-1-2-4;;/h8H,3-7,10H2,1-2H3,(H,11,12);4-7H2,1-3H3,(H,9,10);6H,3-5H2,1-2H3,(H,8,9);8H,1-2H2;1-4H2;1H4;1H/q;+1;;;;;/p-1. The number of hydrogen-bond acceptors (Lipinski definition) is 10. The molecule has 46 heavy (non-hydrogen) atoms. The first-order valence-corrected chi connectivity index (χ1v) is 15.8. The summed E-state index contributed by atoms with van der Waals surface area (Å²) in [5, 5.41) is 22.8. The largest absolute Gasteiger partial charge is 1.00 e. The summed E-state index contributed by atoms with van der Waals surface area (Å²) >= 11 is 0. The third kappa shape index (κ3) is 34.5. The van der Waals surface area contributed by atoms with Crippen molar-refractivity contribution in [3.8, 4) is 0 Å². The number of carbonyl (C=O) groups is 4. The fraction of sp³-hybridized carbons (Fsp3) is 0.839. The third-order valence-electron chi connectivity index (χ3n) is 6.06. The van der Waals surface area contributed by atoms with Crippen molar-refractivity contribution in [1.29, 1.82) is 0 Å². The second kappa shape index (κ2) is 34.0. The Morgan fingerprint density at radius 3 is 1.74 bits per heavy atom. The first kappa shape index (κ1) is 53.1. The number of imide groups is 1. The van der Waals surface area contributed by atoms with E-state index in [4.69, 9.17) is 27.5 Å². The molecule has 10 N–H and O–H groups in total. The molecule has 0 aliphatic carbocycles. The summed E-state index contributed by atoms with van der Waals surface area (Å²) in [7, 11) is 4.39. The molecule has 1 fully saturated rings. The summed E-state index contributed by atoms with van der Waals surface area (Å²) in [6, 6.07) is 0. The SMILES string of the molecule is C.CC(C)CCCC(=O)NCCN.CC(C)CCCC(=O)O.CCNC1=NCCC[N+]1(C)C.NCCN.O=C1CCC(=O)N1O.[Cl-]. The topological polar surface area (TPSA) is 226 Å². The highest BCUT2D eigenvalue weighted by molar-refractivity contribution is 6.00. The molecule has 2 rings (SSSR count). The molecule has 0 spiro atoms. The Hall–Kier alpha value is -2.36. The Kier molecular flexibility index (Phi) is 39.3. The lowest BCUT2D eigenvalue weighted by atomic mass is 10.1. The van der Waals surface area contributed by atoms with Gasteiger partial charge in [0.15, 0.2) is 0 Å². The summed E-state index contributed by atoms with van der Waals surface area (Å²) in [6.07, 6.45) is 6.40. The zero-order valence-electron chi connectivity index (χ0n) is 28.9. The molecule has 0 saturated carbocycles. The van der Waals surface area contributed by atoms with Gasteiger partial charge < -0.3 is 45.3 Å². The Morgan fingerprint density at radius 1 is 0.935 bits per heavy atom. The highest BCUT2D eigenvalue weighted by Gasteiger charge is 2.27. The molecule has 276 valence electrons. The summed E-state index contributed by atoms with van der Waals surface area (Å²) in [4.78, 5) is 45.9. The monoisotopic (exact) mass is 685 g/mol. The van der Waals surface area contributed by atoms with Crippen molar-refractivity contribution in [3.63, 3.8) is 0 Å². The number of carboxylic acids is 1. The number of carbonyl (C=O) groups excluding carboxylic acids is 3. The lowest BCUT2D eigenvalue weighted by molar-refractivity contribution is -0.804. The van der Waals surface area contributed by atoms with Gasteiger partial charge >= 0.3 is 5.97 Å². The molecular formula is C31H69ClN8O6. The minimum Gasteiger partial charge on any atom is -1.00 e. The van der Waals surface area contributed by atoms with Gasteiger partial charge in [0, 0.05) is 64.8 Å². The molecule has 14 nitrogen and oxygen atoms in total. The molecule has 0 aromatic carbocycles. The highest BCUT2D eigenvalue weighted by atomic mass is 35.5. The van der Waals surface area contributed by atoms with Crippen molar-refractivity contribution in [1.82, 2.24) is 15.7 Å². The van der Waals surface area contributed by atoms with Gasteiger partial charge in [-0.1, -0.05) is 48.0 Å². The van der Waals surface area contributed by atoms with Gasteiger partial charge in [0.1, 0.15) is 0 Å². The summed E-state index contributed by atoms with van der Waals surface area (Å²) < 4.78 is 0.911. The molecule has 2 heterocycles. The maximum atomic E-state index is 11.0. The first-order valence-electron chi connectivity index (χ1n) is 15.8. The van der Waals surface area contributed by atoms with E-state index in [0.29, 0.717) is 50.9 Å². The fourth-order valence-electron chi connectivity index (χ4n) is 3.57. The van der Waals surface area contributed by atoms with Crippen LogP contribution >= 0.6 is 0 Å². The van der Waals surface area contributed by atoms with Crippen molar-refractivity contribution in [2.45, 2.75) is 99.8 Å². The third-order valence-corrected chi connectivity index (χ3v) is 6.06. The molecule has 2 aliphatic heterocycles. The van der Waals surface area contributed by atoms with Crippen LogP contribution in [0.25, 0.3) is 0 Å². The molecule has 0 atom stereocenters. The second-order valence-electron chi connectivity index (χ2n) is 11.8.